The number of benzene rings is 1. The van der Waals surface area contributed by atoms with E-state index in [4.69, 9.17) is 11.6 Å². The van der Waals surface area contributed by atoms with Gasteiger partial charge in [-0.25, -0.2) is 4.98 Å². The third kappa shape index (κ3) is 2.77. The minimum atomic E-state index is 0.671. The van der Waals surface area contributed by atoms with E-state index in [9.17, 15) is 0 Å². The summed E-state index contributed by atoms with van der Waals surface area (Å²) >= 11 is 7.44. The van der Waals surface area contributed by atoms with Crippen LogP contribution in [0.1, 0.15) is 11.1 Å². The molecular formula is C13H12ClNS. The maximum Gasteiger partial charge on any atom is 0.101 e. The number of hydrogen-bond donors (Lipinski definition) is 0. The fraction of sp³-hybridized carbons (Fsp3) is 0.154. The highest BCUT2D eigenvalue weighted by Gasteiger charge is 2.00. The van der Waals surface area contributed by atoms with E-state index in [-0.39, 0.29) is 0 Å². The molecule has 0 atom stereocenters. The van der Waals surface area contributed by atoms with Crippen LogP contribution >= 0.6 is 23.4 Å². The quantitative estimate of drug-likeness (QED) is 0.777. The molecule has 0 saturated heterocycles. The largest absolute Gasteiger partial charge is 0.248 e. The summed E-state index contributed by atoms with van der Waals surface area (Å²) in [4.78, 5) is 5.46. The molecule has 0 fully saturated rings. The third-order valence-corrected chi connectivity index (χ3v) is 3.56. The van der Waals surface area contributed by atoms with Crippen molar-refractivity contribution in [2.75, 3.05) is 0 Å². The zero-order chi connectivity index (χ0) is 11.5. The van der Waals surface area contributed by atoms with Gasteiger partial charge in [0.1, 0.15) is 5.03 Å². The molecule has 1 aromatic carbocycles. The normalized spacial score (nSPS) is 10.4. The van der Waals surface area contributed by atoms with Crippen molar-refractivity contribution in [3.05, 3.63) is 52.7 Å². The van der Waals surface area contributed by atoms with E-state index in [1.807, 2.05) is 12.1 Å². The molecule has 0 aliphatic rings. The standard InChI is InChI=1S/C13H12ClNS/c1-9-3-5-12(7-10(9)2)16-13-6-4-11(14)8-15-13/h3-8H,1-2H3. The molecule has 16 heavy (non-hydrogen) atoms. The van der Waals surface area contributed by atoms with Gasteiger partial charge in [0, 0.05) is 11.1 Å². The van der Waals surface area contributed by atoms with Gasteiger partial charge in [0.15, 0.2) is 0 Å². The summed E-state index contributed by atoms with van der Waals surface area (Å²) in [5, 5.41) is 1.64. The zero-order valence-electron chi connectivity index (χ0n) is 9.20. The average Bonchev–Trinajstić information content (AvgIpc) is 2.27. The van der Waals surface area contributed by atoms with Crippen molar-refractivity contribution in [2.45, 2.75) is 23.8 Å². The molecule has 82 valence electrons. The molecule has 0 saturated carbocycles. The number of hydrogen-bond acceptors (Lipinski definition) is 2. The van der Waals surface area contributed by atoms with Crippen LogP contribution in [0.3, 0.4) is 0 Å². The Labute approximate surface area is 105 Å². The average molecular weight is 250 g/mol. The smallest absolute Gasteiger partial charge is 0.101 e. The molecule has 0 aliphatic heterocycles. The van der Waals surface area contributed by atoms with Crippen LogP contribution in [0, 0.1) is 13.8 Å². The number of halogens is 1. The van der Waals surface area contributed by atoms with Gasteiger partial charge in [-0.2, -0.15) is 0 Å². The third-order valence-electron chi connectivity index (χ3n) is 2.40. The summed E-state index contributed by atoms with van der Waals surface area (Å²) in [6.07, 6.45) is 1.67. The van der Waals surface area contributed by atoms with E-state index >= 15 is 0 Å². The molecule has 0 bridgehead atoms. The zero-order valence-corrected chi connectivity index (χ0v) is 10.8. The second-order valence-electron chi connectivity index (χ2n) is 3.66. The summed E-state index contributed by atoms with van der Waals surface area (Å²) in [7, 11) is 0. The predicted molar refractivity (Wildman–Crippen MR) is 69.3 cm³/mol. The van der Waals surface area contributed by atoms with Gasteiger partial charge < -0.3 is 0 Å². The van der Waals surface area contributed by atoms with Crippen LogP contribution in [0.2, 0.25) is 5.02 Å². The molecular weight excluding hydrogens is 238 g/mol. The maximum absolute atomic E-state index is 5.79. The van der Waals surface area contributed by atoms with Crippen LogP contribution in [-0.2, 0) is 0 Å². The van der Waals surface area contributed by atoms with E-state index in [0.29, 0.717) is 5.02 Å². The monoisotopic (exact) mass is 249 g/mol. The Kier molecular flexibility index (Phi) is 3.52. The Bertz CT molecular complexity index is 494. The van der Waals surface area contributed by atoms with Gasteiger partial charge in [0.25, 0.3) is 0 Å². The predicted octanol–water partition coefficient (Wildman–Crippen LogP) is 4.50. The molecule has 1 aromatic heterocycles. The Morgan fingerprint density at radius 3 is 2.50 bits per heavy atom. The number of aromatic nitrogens is 1. The highest BCUT2D eigenvalue weighted by Crippen LogP contribution is 2.27. The van der Waals surface area contributed by atoms with E-state index in [1.54, 1.807) is 18.0 Å². The summed E-state index contributed by atoms with van der Waals surface area (Å²) in [5.41, 5.74) is 2.62. The fourth-order valence-electron chi connectivity index (χ4n) is 1.32. The van der Waals surface area contributed by atoms with Crippen LogP contribution in [0.4, 0.5) is 0 Å². The second-order valence-corrected chi connectivity index (χ2v) is 5.19. The maximum atomic E-state index is 5.79. The number of rotatable bonds is 2. The molecule has 0 spiro atoms. The minimum absolute atomic E-state index is 0.671. The summed E-state index contributed by atoms with van der Waals surface area (Å²) in [5.74, 6) is 0. The SMILES string of the molecule is Cc1ccc(Sc2ccc(Cl)cn2)cc1C. The van der Waals surface area contributed by atoms with Crippen LogP contribution in [0.25, 0.3) is 0 Å². The molecule has 2 rings (SSSR count). The van der Waals surface area contributed by atoms with E-state index in [0.717, 1.165) is 5.03 Å². The summed E-state index contributed by atoms with van der Waals surface area (Å²) < 4.78 is 0. The van der Waals surface area contributed by atoms with Gasteiger partial charge in [0.05, 0.1) is 5.02 Å². The van der Waals surface area contributed by atoms with Crippen LogP contribution < -0.4 is 0 Å². The van der Waals surface area contributed by atoms with Crippen LogP contribution in [0.5, 0.6) is 0 Å². The molecule has 0 amide bonds. The topological polar surface area (TPSA) is 12.9 Å². The Hall–Kier alpha value is -0.990. The van der Waals surface area contributed by atoms with E-state index in [2.05, 4.69) is 37.0 Å². The minimum Gasteiger partial charge on any atom is -0.248 e. The first-order valence-electron chi connectivity index (χ1n) is 5.02. The molecule has 0 unspecified atom stereocenters. The molecule has 2 aromatic rings. The second kappa shape index (κ2) is 4.89. The first-order chi connectivity index (χ1) is 7.65. The Morgan fingerprint density at radius 2 is 1.88 bits per heavy atom. The molecule has 0 aliphatic carbocycles. The van der Waals surface area contributed by atoms with Gasteiger partial charge in [-0.1, -0.05) is 29.4 Å². The number of nitrogens with zero attached hydrogens (tertiary/aromatic N) is 1. The van der Waals surface area contributed by atoms with Crippen molar-refractivity contribution in [1.29, 1.82) is 0 Å². The van der Waals surface area contributed by atoms with Crippen molar-refractivity contribution in [3.63, 3.8) is 0 Å². The van der Waals surface area contributed by atoms with E-state index < -0.39 is 0 Å². The van der Waals surface area contributed by atoms with Crippen molar-refractivity contribution in [2.24, 2.45) is 0 Å². The van der Waals surface area contributed by atoms with Gasteiger partial charge in [-0.15, -0.1) is 0 Å². The Morgan fingerprint density at radius 1 is 1.06 bits per heavy atom. The van der Waals surface area contributed by atoms with Crippen LogP contribution in [0.15, 0.2) is 46.5 Å². The lowest BCUT2D eigenvalue weighted by Gasteiger charge is -2.04. The molecule has 1 heterocycles. The fourth-order valence-corrected chi connectivity index (χ4v) is 2.29. The van der Waals surface area contributed by atoms with Crippen molar-refractivity contribution in [1.82, 2.24) is 4.98 Å². The van der Waals surface area contributed by atoms with Gasteiger partial charge in [0.2, 0.25) is 0 Å². The summed E-state index contributed by atoms with van der Waals surface area (Å²) in [6.45, 7) is 4.24. The molecule has 0 N–H and O–H groups in total. The number of pyridine rings is 1. The van der Waals surface area contributed by atoms with E-state index in [1.165, 1.54) is 16.0 Å². The highest BCUT2D eigenvalue weighted by atomic mass is 35.5. The van der Waals surface area contributed by atoms with Gasteiger partial charge >= 0.3 is 0 Å². The van der Waals surface area contributed by atoms with Crippen molar-refractivity contribution < 1.29 is 0 Å². The van der Waals surface area contributed by atoms with Crippen molar-refractivity contribution in [3.8, 4) is 0 Å². The lowest BCUT2D eigenvalue weighted by atomic mass is 10.1. The Balaban J connectivity index is 2.20. The van der Waals surface area contributed by atoms with Crippen LogP contribution in [-0.4, -0.2) is 4.98 Å². The first-order valence-corrected chi connectivity index (χ1v) is 6.21. The summed E-state index contributed by atoms with van der Waals surface area (Å²) in [6, 6.07) is 10.2. The molecule has 3 heteroatoms. The molecule has 0 radical (unpaired) electrons. The van der Waals surface area contributed by atoms with Gasteiger partial charge in [-0.05, 0) is 49.2 Å². The molecule has 1 nitrogen and oxygen atoms in total. The van der Waals surface area contributed by atoms with Crippen molar-refractivity contribution >= 4 is 23.4 Å². The number of aryl methyl sites for hydroxylation is 2. The lowest BCUT2D eigenvalue weighted by Crippen LogP contribution is -1.83. The highest BCUT2D eigenvalue weighted by molar-refractivity contribution is 7.99. The first kappa shape index (κ1) is 11.5. The lowest BCUT2D eigenvalue weighted by molar-refractivity contribution is 1.13. The van der Waals surface area contributed by atoms with Gasteiger partial charge in [-0.3, -0.25) is 0 Å².